The highest BCUT2D eigenvalue weighted by atomic mass is 35.5. The van der Waals surface area contributed by atoms with Gasteiger partial charge in [-0.05, 0) is 54.8 Å². The monoisotopic (exact) mass is 482 g/mol. The van der Waals surface area contributed by atoms with Crippen molar-refractivity contribution in [3.8, 4) is 5.69 Å². The SMILES string of the molecule is CC[C@@H]1C[C@H](C(=O)Nc2ccc(-n3ccccc3=O)cc2F)N(C(=O)Nc2ccc(Cl)cc2)C1. The van der Waals surface area contributed by atoms with Crippen LogP contribution >= 0.6 is 11.6 Å². The van der Waals surface area contributed by atoms with Gasteiger partial charge >= 0.3 is 6.03 Å². The molecule has 0 radical (unpaired) electrons. The molecule has 1 saturated heterocycles. The molecule has 9 heteroatoms. The van der Waals surface area contributed by atoms with Crippen molar-refractivity contribution in [2.75, 3.05) is 17.2 Å². The lowest BCUT2D eigenvalue weighted by molar-refractivity contribution is -0.119. The van der Waals surface area contributed by atoms with Gasteiger partial charge in [-0.3, -0.25) is 14.2 Å². The quantitative estimate of drug-likeness (QED) is 0.542. The fourth-order valence-electron chi connectivity index (χ4n) is 4.03. The third-order valence-electron chi connectivity index (χ3n) is 5.94. The maximum Gasteiger partial charge on any atom is 0.322 e. The summed E-state index contributed by atoms with van der Waals surface area (Å²) in [5, 5.41) is 5.94. The van der Waals surface area contributed by atoms with Crippen LogP contribution in [-0.2, 0) is 4.79 Å². The molecule has 0 bridgehead atoms. The van der Waals surface area contributed by atoms with Gasteiger partial charge in [-0.25, -0.2) is 9.18 Å². The predicted molar refractivity (Wildman–Crippen MR) is 130 cm³/mol. The molecule has 0 saturated carbocycles. The predicted octanol–water partition coefficient (Wildman–Crippen LogP) is 4.90. The molecule has 2 heterocycles. The van der Waals surface area contributed by atoms with Crippen LogP contribution in [0.15, 0.2) is 71.7 Å². The van der Waals surface area contributed by atoms with Gasteiger partial charge in [0.15, 0.2) is 0 Å². The van der Waals surface area contributed by atoms with E-state index in [2.05, 4.69) is 10.6 Å². The highest BCUT2D eigenvalue weighted by molar-refractivity contribution is 6.30. The second-order valence-corrected chi connectivity index (χ2v) is 8.61. The number of halogens is 2. The third kappa shape index (κ3) is 5.12. The molecule has 3 amide bonds. The Hall–Kier alpha value is -3.65. The van der Waals surface area contributed by atoms with Gasteiger partial charge in [0, 0.05) is 35.6 Å². The lowest BCUT2D eigenvalue weighted by Crippen LogP contribution is -2.45. The van der Waals surface area contributed by atoms with Crippen LogP contribution < -0.4 is 16.2 Å². The van der Waals surface area contributed by atoms with E-state index in [-0.39, 0.29) is 17.2 Å². The summed E-state index contributed by atoms with van der Waals surface area (Å²) in [6.45, 7) is 2.43. The molecule has 3 aromatic rings. The second-order valence-electron chi connectivity index (χ2n) is 8.18. The fraction of sp³-hybridized carbons (Fsp3) is 0.240. The Morgan fingerprint density at radius 2 is 1.85 bits per heavy atom. The van der Waals surface area contributed by atoms with E-state index in [9.17, 15) is 18.8 Å². The molecule has 176 valence electrons. The Bertz CT molecular complexity index is 1260. The van der Waals surface area contributed by atoms with Crippen molar-refractivity contribution in [2.24, 2.45) is 5.92 Å². The maximum atomic E-state index is 14.8. The highest BCUT2D eigenvalue weighted by Crippen LogP contribution is 2.28. The first kappa shape index (κ1) is 23.5. The lowest BCUT2D eigenvalue weighted by Gasteiger charge is -2.24. The van der Waals surface area contributed by atoms with Gasteiger partial charge < -0.3 is 15.5 Å². The zero-order valence-corrected chi connectivity index (χ0v) is 19.3. The van der Waals surface area contributed by atoms with Crippen LogP contribution in [0, 0.1) is 11.7 Å². The number of carbonyl (C=O) groups is 2. The van der Waals surface area contributed by atoms with Crippen LogP contribution in [0.4, 0.5) is 20.6 Å². The number of amides is 3. The number of nitrogens with zero attached hydrogens (tertiary/aromatic N) is 2. The molecular weight excluding hydrogens is 459 g/mol. The zero-order chi connectivity index (χ0) is 24.2. The van der Waals surface area contributed by atoms with Crippen LogP contribution in [0.1, 0.15) is 19.8 Å². The molecule has 4 rings (SSSR count). The van der Waals surface area contributed by atoms with Crippen molar-refractivity contribution in [1.82, 2.24) is 9.47 Å². The molecule has 34 heavy (non-hydrogen) atoms. The van der Waals surface area contributed by atoms with Gasteiger partial charge in [-0.15, -0.1) is 0 Å². The first-order chi connectivity index (χ1) is 16.4. The van der Waals surface area contributed by atoms with Crippen LogP contribution in [0.2, 0.25) is 5.02 Å². The van der Waals surface area contributed by atoms with Gasteiger partial charge in [0.05, 0.1) is 11.4 Å². The van der Waals surface area contributed by atoms with E-state index in [0.717, 1.165) is 6.42 Å². The van der Waals surface area contributed by atoms with E-state index in [1.165, 1.54) is 33.9 Å². The zero-order valence-electron chi connectivity index (χ0n) is 18.5. The van der Waals surface area contributed by atoms with Gasteiger partial charge in [0.1, 0.15) is 11.9 Å². The molecule has 1 aliphatic heterocycles. The first-order valence-corrected chi connectivity index (χ1v) is 11.3. The molecule has 1 fully saturated rings. The summed E-state index contributed by atoms with van der Waals surface area (Å²) in [6.07, 6.45) is 2.83. The average Bonchev–Trinajstić information content (AvgIpc) is 3.27. The number of hydrogen-bond acceptors (Lipinski definition) is 3. The van der Waals surface area contributed by atoms with Crippen LogP contribution in [0.25, 0.3) is 5.69 Å². The first-order valence-electron chi connectivity index (χ1n) is 11.0. The van der Waals surface area contributed by atoms with Crippen molar-refractivity contribution < 1.29 is 14.0 Å². The van der Waals surface area contributed by atoms with Crippen LogP contribution in [0.5, 0.6) is 0 Å². The number of hydrogen-bond donors (Lipinski definition) is 2. The maximum absolute atomic E-state index is 14.8. The average molecular weight is 483 g/mol. The van der Waals surface area contributed by atoms with Gasteiger partial charge in [0.25, 0.3) is 5.56 Å². The second kappa shape index (κ2) is 10.1. The van der Waals surface area contributed by atoms with Crippen molar-refractivity contribution in [1.29, 1.82) is 0 Å². The number of likely N-dealkylation sites (tertiary alicyclic amines) is 1. The van der Waals surface area contributed by atoms with Crippen molar-refractivity contribution in [3.05, 3.63) is 88.1 Å². The number of carbonyl (C=O) groups excluding carboxylic acids is 2. The summed E-state index contributed by atoms with van der Waals surface area (Å²) in [5.41, 5.74) is 0.594. The molecule has 0 spiro atoms. The lowest BCUT2D eigenvalue weighted by atomic mass is 10.0. The Balaban J connectivity index is 1.50. The van der Waals surface area contributed by atoms with Gasteiger partial charge in [0.2, 0.25) is 5.91 Å². The number of benzene rings is 2. The highest BCUT2D eigenvalue weighted by Gasteiger charge is 2.39. The molecule has 2 N–H and O–H groups in total. The van der Waals surface area contributed by atoms with Gasteiger partial charge in [-0.1, -0.05) is 31.0 Å². The molecule has 2 atom stereocenters. The number of rotatable bonds is 5. The minimum absolute atomic E-state index is 0.0178. The molecule has 1 aromatic heterocycles. The van der Waals surface area contributed by atoms with Crippen molar-refractivity contribution >= 4 is 34.9 Å². The molecule has 2 aromatic carbocycles. The van der Waals surface area contributed by atoms with Crippen molar-refractivity contribution in [3.63, 3.8) is 0 Å². The number of pyridine rings is 1. The van der Waals surface area contributed by atoms with E-state index in [0.29, 0.717) is 29.4 Å². The van der Waals surface area contributed by atoms with Crippen LogP contribution in [0.3, 0.4) is 0 Å². The van der Waals surface area contributed by atoms with E-state index >= 15 is 0 Å². The fourth-order valence-corrected chi connectivity index (χ4v) is 4.16. The number of anilines is 2. The molecular formula is C25H24ClFN4O3. The van der Waals surface area contributed by atoms with E-state index in [4.69, 9.17) is 11.6 Å². The summed E-state index contributed by atoms with van der Waals surface area (Å²) in [6, 6.07) is 14.3. The number of aromatic nitrogens is 1. The smallest absolute Gasteiger partial charge is 0.322 e. The van der Waals surface area contributed by atoms with Crippen molar-refractivity contribution in [2.45, 2.75) is 25.8 Å². The molecule has 7 nitrogen and oxygen atoms in total. The largest absolute Gasteiger partial charge is 0.322 e. The number of urea groups is 1. The standard InChI is InChI=1S/C25H24ClFN4O3/c1-2-16-13-22(31(15-16)25(34)28-18-8-6-17(26)7-9-18)24(33)29-21-11-10-19(14-20(21)27)30-12-4-3-5-23(30)32/h3-12,14,16,22H,2,13,15H2,1H3,(H,28,34)(H,29,33)/t16-,22-/m1/s1. The molecule has 1 aliphatic rings. The number of nitrogens with one attached hydrogen (secondary N) is 2. The van der Waals surface area contributed by atoms with Gasteiger partial charge in [-0.2, -0.15) is 0 Å². The van der Waals surface area contributed by atoms with E-state index in [1.807, 2.05) is 6.92 Å². The summed E-state index contributed by atoms with van der Waals surface area (Å²) in [5.74, 6) is -0.988. The summed E-state index contributed by atoms with van der Waals surface area (Å²) in [7, 11) is 0. The molecule has 0 aliphatic carbocycles. The van der Waals surface area contributed by atoms with E-state index < -0.39 is 23.8 Å². The molecule has 0 unspecified atom stereocenters. The minimum Gasteiger partial charge on any atom is -0.322 e. The Morgan fingerprint density at radius 3 is 2.53 bits per heavy atom. The van der Waals surface area contributed by atoms with E-state index in [1.54, 1.807) is 42.5 Å². The Kier molecular flexibility index (Phi) is 6.98. The summed E-state index contributed by atoms with van der Waals surface area (Å²) in [4.78, 5) is 39.5. The minimum atomic E-state index is -0.743. The summed E-state index contributed by atoms with van der Waals surface area (Å²) >= 11 is 5.90. The summed E-state index contributed by atoms with van der Waals surface area (Å²) < 4.78 is 16.1. The normalized spacial score (nSPS) is 17.4. The topological polar surface area (TPSA) is 83.4 Å². The van der Waals surface area contributed by atoms with Crippen LogP contribution in [-0.4, -0.2) is 34.0 Å². The Morgan fingerprint density at radius 1 is 1.09 bits per heavy atom. The Labute approximate surface area is 201 Å². The third-order valence-corrected chi connectivity index (χ3v) is 6.19.